The number of benzene rings is 1. The molecule has 2 heterocycles. The average molecular weight is 406 g/mol. The number of carbonyl (C=O) groups excluding carboxylic acids is 1. The number of nitrogens with zero attached hydrogens (tertiary/aromatic N) is 4. The van der Waals surface area contributed by atoms with Gasteiger partial charge in [0.15, 0.2) is 0 Å². The molecule has 0 atom stereocenters. The lowest BCUT2D eigenvalue weighted by atomic mass is 10.2. The summed E-state index contributed by atoms with van der Waals surface area (Å²) in [7, 11) is 0. The van der Waals surface area contributed by atoms with Crippen molar-refractivity contribution in [2.45, 2.75) is 20.0 Å². The van der Waals surface area contributed by atoms with Crippen molar-refractivity contribution in [3.05, 3.63) is 53.1 Å². The topological polar surface area (TPSA) is 62.6 Å². The Labute approximate surface area is 171 Å². The minimum atomic E-state index is -0.0666. The van der Waals surface area contributed by atoms with Crippen LogP contribution in [0.1, 0.15) is 18.3 Å². The van der Waals surface area contributed by atoms with Crippen LogP contribution in [-0.2, 0) is 17.8 Å². The van der Waals surface area contributed by atoms with E-state index in [1.165, 1.54) is 0 Å². The van der Waals surface area contributed by atoms with Gasteiger partial charge in [0, 0.05) is 50.1 Å². The second-order valence-electron chi connectivity index (χ2n) is 6.77. The molecule has 1 aromatic heterocycles. The van der Waals surface area contributed by atoms with Crippen molar-refractivity contribution in [1.82, 2.24) is 24.7 Å². The van der Waals surface area contributed by atoms with Crippen molar-refractivity contribution in [3.8, 4) is 0 Å². The van der Waals surface area contributed by atoms with Crippen molar-refractivity contribution in [1.29, 1.82) is 0 Å². The molecular formula is C20H28ClN5O2. The van der Waals surface area contributed by atoms with E-state index in [2.05, 4.69) is 15.2 Å². The first-order valence-electron chi connectivity index (χ1n) is 9.73. The zero-order chi connectivity index (χ0) is 19.8. The van der Waals surface area contributed by atoms with Crippen LogP contribution >= 0.6 is 11.6 Å². The Kier molecular flexibility index (Phi) is 7.71. The summed E-state index contributed by atoms with van der Waals surface area (Å²) in [6.07, 6.45) is 3.70. The van der Waals surface area contributed by atoms with Gasteiger partial charge in [0.05, 0.1) is 26.3 Å². The van der Waals surface area contributed by atoms with Gasteiger partial charge in [-0.25, -0.2) is 9.78 Å². The van der Waals surface area contributed by atoms with E-state index in [1.54, 1.807) is 6.20 Å². The van der Waals surface area contributed by atoms with Gasteiger partial charge in [-0.2, -0.15) is 0 Å². The second-order valence-corrected chi connectivity index (χ2v) is 7.18. The van der Waals surface area contributed by atoms with E-state index in [0.29, 0.717) is 26.2 Å². The number of morpholine rings is 1. The van der Waals surface area contributed by atoms with Gasteiger partial charge in [0.2, 0.25) is 0 Å². The number of amides is 2. The predicted molar refractivity (Wildman–Crippen MR) is 110 cm³/mol. The summed E-state index contributed by atoms with van der Waals surface area (Å²) < 4.78 is 7.44. The Hall–Kier alpha value is -2.09. The van der Waals surface area contributed by atoms with E-state index in [-0.39, 0.29) is 6.03 Å². The van der Waals surface area contributed by atoms with Crippen molar-refractivity contribution in [3.63, 3.8) is 0 Å². The zero-order valence-corrected chi connectivity index (χ0v) is 17.1. The first-order valence-corrected chi connectivity index (χ1v) is 10.1. The maximum atomic E-state index is 12.6. The maximum absolute atomic E-state index is 12.6. The highest BCUT2D eigenvalue weighted by atomic mass is 35.5. The lowest BCUT2D eigenvalue weighted by Crippen LogP contribution is -2.46. The highest BCUT2D eigenvalue weighted by Crippen LogP contribution is 2.17. The molecule has 3 rings (SSSR count). The molecule has 8 heteroatoms. The Morgan fingerprint density at radius 1 is 1.32 bits per heavy atom. The van der Waals surface area contributed by atoms with Crippen LogP contribution in [-0.4, -0.2) is 71.3 Å². The Morgan fingerprint density at radius 3 is 2.86 bits per heavy atom. The fraction of sp³-hybridized carbons (Fsp3) is 0.500. The molecule has 0 spiro atoms. The van der Waals surface area contributed by atoms with Gasteiger partial charge in [-0.05, 0) is 18.6 Å². The summed E-state index contributed by atoms with van der Waals surface area (Å²) in [6, 6.07) is 7.72. The van der Waals surface area contributed by atoms with Crippen LogP contribution < -0.4 is 5.32 Å². The Balaban J connectivity index is 1.67. The standard InChI is InChI=1S/C20H28ClN5O2/c1-2-22-20(27)26(10-9-24-11-13-28-14-12-24)16-19-23-7-8-25(19)15-17-5-3-4-6-18(17)21/h3-8H,2,9-16H2,1H3,(H,22,27). The minimum absolute atomic E-state index is 0.0666. The van der Waals surface area contributed by atoms with E-state index in [4.69, 9.17) is 16.3 Å². The Morgan fingerprint density at radius 2 is 2.11 bits per heavy atom. The number of hydrogen-bond donors (Lipinski definition) is 1. The summed E-state index contributed by atoms with van der Waals surface area (Å²) in [5.74, 6) is 0.841. The maximum Gasteiger partial charge on any atom is 0.317 e. The minimum Gasteiger partial charge on any atom is -0.379 e. The van der Waals surface area contributed by atoms with Gasteiger partial charge in [-0.15, -0.1) is 0 Å². The van der Waals surface area contributed by atoms with Gasteiger partial charge in [0.25, 0.3) is 0 Å². The van der Waals surface area contributed by atoms with Gasteiger partial charge in [0.1, 0.15) is 5.82 Å². The molecule has 2 amide bonds. The number of nitrogens with one attached hydrogen (secondary N) is 1. The third-order valence-corrected chi connectivity index (χ3v) is 5.21. The van der Waals surface area contributed by atoms with Crippen molar-refractivity contribution < 1.29 is 9.53 Å². The van der Waals surface area contributed by atoms with E-state index in [0.717, 1.165) is 49.3 Å². The molecule has 0 unspecified atom stereocenters. The van der Waals surface area contributed by atoms with Crippen LogP contribution in [0.3, 0.4) is 0 Å². The highest BCUT2D eigenvalue weighted by molar-refractivity contribution is 6.31. The SMILES string of the molecule is CCNC(=O)N(CCN1CCOCC1)Cc1nccn1Cc1ccccc1Cl. The third kappa shape index (κ3) is 5.70. The normalized spacial score (nSPS) is 14.8. The van der Waals surface area contributed by atoms with Crippen LogP contribution in [0.15, 0.2) is 36.7 Å². The Bertz CT molecular complexity index is 761. The molecule has 1 aliphatic heterocycles. The van der Waals surface area contributed by atoms with Crippen molar-refractivity contribution >= 4 is 17.6 Å². The molecular weight excluding hydrogens is 378 g/mol. The van der Waals surface area contributed by atoms with Crippen LogP contribution in [0.25, 0.3) is 0 Å². The smallest absolute Gasteiger partial charge is 0.317 e. The first kappa shape index (κ1) is 20.6. The number of urea groups is 1. The number of rotatable bonds is 8. The number of hydrogen-bond acceptors (Lipinski definition) is 4. The number of imidazole rings is 1. The van der Waals surface area contributed by atoms with E-state index < -0.39 is 0 Å². The molecule has 28 heavy (non-hydrogen) atoms. The molecule has 0 aliphatic carbocycles. The molecule has 2 aromatic rings. The largest absolute Gasteiger partial charge is 0.379 e. The molecule has 1 aromatic carbocycles. The summed E-state index contributed by atoms with van der Waals surface area (Å²) in [5, 5.41) is 3.64. The summed E-state index contributed by atoms with van der Waals surface area (Å²) in [5.41, 5.74) is 1.03. The van der Waals surface area contributed by atoms with Crippen LogP contribution in [0.4, 0.5) is 4.79 Å². The monoisotopic (exact) mass is 405 g/mol. The molecule has 1 fully saturated rings. The summed E-state index contributed by atoms with van der Waals surface area (Å²) >= 11 is 6.30. The quantitative estimate of drug-likeness (QED) is 0.732. The lowest BCUT2D eigenvalue weighted by Gasteiger charge is -2.30. The summed E-state index contributed by atoms with van der Waals surface area (Å²) in [4.78, 5) is 21.2. The van der Waals surface area contributed by atoms with Crippen molar-refractivity contribution in [2.75, 3.05) is 45.9 Å². The fourth-order valence-corrected chi connectivity index (χ4v) is 3.41. The molecule has 0 saturated carbocycles. The van der Waals surface area contributed by atoms with E-state index in [1.807, 2.05) is 46.9 Å². The molecule has 7 nitrogen and oxygen atoms in total. The predicted octanol–water partition coefficient (Wildman–Crippen LogP) is 2.45. The number of carbonyl (C=O) groups is 1. The second kappa shape index (κ2) is 10.5. The molecule has 0 bridgehead atoms. The average Bonchev–Trinajstić information content (AvgIpc) is 3.14. The lowest BCUT2D eigenvalue weighted by molar-refractivity contribution is 0.0345. The first-order chi connectivity index (χ1) is 13.7. The van der Waals surface area contributed by atoms with Crippen molar-refractivity contribution in [2.24, 2.45) is 0 Å². The van der Waals surface area contributed by atoms with Gasteiger partial charge < -0.3 is 19.5 Å². The molecule has 1 N–H and O–H groups in total. The fourth-order valence-electron chi connectivity index (χ4n) is 3.22. The van der Waals surface area contributed by atoms with Gasteiger partial charge in [-0.3, -0.25) is 4.90 Å². The summed E-state index contributed by atoms with van der Waals surface area (Å²) in [6.45, 7) is 8.39. The molecule has 0 radical (unpaired) electrons. The van der Waals surface area contributed by atoms with Gasteiger partial charge >= 0.3 is 6.03 Å². The van der Waals surface area contributed by atoms with Crippen LogP contribution in [0.5, 0.6) is 0 Å². The number of aromatic nitrogens is 2. The van der Waals surface area contributed by atoms with Crippen LogP contribution in [0.2, 0.25) is 5.02 Å². The highest BCUT2D eigenvalue weighted by Gasteiger charge is 2.18. The molecule has 1 aliphatic rings. The third-order valence-electron chi connectivity index (χ3n) is 4.84. The number of ether oxygens (including phenoxy) is 1. The van der Waals surface area contributed by atoms with E-state index in [9.17, 15) is 4.79 Å². The van der Waals surface area contributed by atoms with Crippen LogP contribution in [0, 0.1) is 0 Å². The zero-order valence-electron chi connectivity index (χ0n) is 16.3. The number of halogens is 1. The molecule has 152 valence electrons. The molecule has 1 saturated heterocycles. The van der Waals surface area contributed by atoms with E-state index >= 15 is 0 Å². The van der Waals surface area contributed by atoms with Gasteiger partial charge in [-0.1, -0.05) is 29.8 Å².